The molecule has 0 fully saturated rings. The Kier molecular flexibility index (Phi) is 3.14. The molecule has 102 valence electrons. The largest absolute Gasteiger partial charge is 0.369 e. The number of halogens is 1. The van der Waals surface area contributed by atoms with Crippen LogP contribution in [0.2, 0.25) is 0 Å². The lowest BCUT2D eigenvalue weighted by atomic mass is 10.1. The summed E-state index contributed by atoms with van der Waals surface area (Å²) in [6.07, 6.45) is 0.970. The molecular formula is C16H16FN3. The van der Waals surface area contributed by atoms with Crippen molar-refractivity contribution in [2.75, 3.05) is 5.73 Å². The van der Waals surface area contributed by atoms with Gasteiger partial charge in [0.25, 0.3) is 0 Å². The van der Waals surface area contributed by atoms with Gasteiger partial charge in [0.1, 0.15) is 5.82 Å². The van der Waals surface area contributed by atoms with Crippen LogP contribution >= 0.6 is 0 Å². The number of anilines is 1. The molecule has 3 aromatic rings. The Balaban J connectivity index is 2.08. The molecule has 20 heavy (non-hydrogen) atoms. The van der Waals surface area contributed by atoms with E-state index in [2.05, 4.69) is 24.0 Å². The summed E-state index contributed by atoms with van der Waals surface area (Å²) in [4.78, 5) is 4.23. The second-order valence-electron chi connectivity index (χ2n) is 4.81. The highest BCUT2D eigenvalue weighted by Gasteiger charge is 2.10. The summed E-state index contributed by atoms with van der Waals surface area (Å²) in [7, 11) is 0. The summed E-state index contributed by atoms with van der Waals surface area (Å²) in [5.74, 6) is 0.118. The molecule has 2 N–H and O–H groups in total. The quantitative estimate of drug-likeness (QED) is 0.792. The topological polar surface area (TPSA) is 43.8 Å². The van der Waals surface area contributed by atoms with Crippen molar-refractivity contribution in [3.05, 3.63) is 59.4 Å². The van der Waals surface area contributed by atoms with E-state index in [1.165, 1.54) is 23.3 Å². The third-order valence-corrected chi connectivity index (χ3v) is 3.57. The standard InChI is InChI=1S/C16H16FN3/c1-2-11-5-3-4-6-12(11)10-20-15-8-7-13(17)9-14(15)19-16(20)18/h3-9H,2,10H2,1H3,(H2,18,19). The van der Waals surface area contributed by atoms with Gasteiger partial charge in [-0.25, -0.2) is 9.37 Å². The maximum absolute atomic E-state index is 13.2. The van der Waals surface area contributed by atoms with Gasteiger partial charge in [-0.05, 0) is 29.7 Å². The van der Waals surface area contributed by atoms with Gasteiger partial charge in [-0.2, -0.15) is 0 Å². The first kappa shape index (κ1) is 12.7. The average molecular weight is 269 g/mol. The number of hydrogen-bond acceptors (Lipinski definition) is 2. The van der Waals surface area contributed by atoms with Crippen molar-refractivity contribution < 1.29 is 4.39 Å². The second-order valence-corrected chi connectivity index (χ2v) is 4.81. The van der Waals surface area contributed by atoms with Crippen LogP contribution in [0.1, 0.15) is 18.1 Å². The molecule has 1 aromatic heterocycles. The molecule has 3 nitrogen and oxygen atoms in total. The normalized spacial score (nSPS) is 11.1. The van der Waals surface area contributed by atoms with Crippen LogP contribution in [0.4, 0.5) is 10.3 Å². The van der Waals surface area contributed by atoms with Crippen LogP contribution in [0.3, 0.4) is 0 Å². The third-order valence-electron chi connectivity index (χ3n) is 3.57. The number of nitrogens with two attached hydrogens (primary N) is 1. The summed E-state index contributed by atoms with van der Waals surface area (Å²) in [5.41, 5.74) is 9.92. The second kappa shape index (κ2) is 4.96. The molecule has 0 radical (unpaired) electrons. The van der Waals surface area contributed by atoms with Crippen LogP contribution in [0.15, 0.2) is 42.5 Å². The summed E-state index contributed by atoms with van der Waals surface area (Å²) >= 11 is 0. The number of imidazole rings is 1. The third kappa shape index (κ3) is 2.13. The number of nitrogens with zero attached hydrogens (tertiary/aromatic N) is 2. The number of aryl methyl sites for hydroxylation is 1. The summed E-state index contributed by atoms with van der Waals surface area (Å²) in [6.45, 7) is 2.78. The number of rotatable bonds is 3. The molecule has 0 saturated heterocycles. The molecule has 4 heteroatoms. The van der Waals surface area contributed by atoms with Crippen LogP contribution in [0.25, 0.3) is 11.0 Å². The van der Waals surface area contributed by atoms with Gasteiger partial charge in [-0.3, -0.25) is 0 Å². The van der Waals surface area contributed by atoms with Crippen molar-refractivity contribution in [1.29, 1.82) is 0 Å². The van der Waals surface area contributed by atoms with Crippen molar-refractivity contribution in [2.24, 2.45) is 0 Å². The van der Waals surface area contributed by atoms with Crippen LogP contribution < -0.4 is 5.73 Å². The molecule has 3 rings (SSSR count). The molecule has 0 bridgehead atoms. The number of benzene rings is 2. The highest BCUT2D eigenvalue weighted by atomic mass is 19.1. The molecule has 0 aliphatic rings. The molecule has 2 aromatic carbocycles. The Labute approximate surface area is 116 Å². The summed E-state index contributed by atoms with van der Waals surface area (Å²) < 4.78 is 15.2. The predicted molar refractivity (Wildman–Crippen MR) is 79.0 cm³/mol. The average Bonchev–Trinajstić information content (AvgIpc) is 2.75. The van der Waals surface area contributed by atoms with Gasteiger partial charge in [0, 0.05) is 6.07 Å². The molecule has 0 saturated carbocycles. The maximum Gasteiger partial charge on any atom is 0.201 e. The molecule has 0 amide bonds. The van der Waals surface area contributed by atoms with E-state index < -0.39 is 0 Å². The minimum absolute atomic E-state index is 0.295. The molecule has 0 aliphatic carbocycles. The van der Waals surface area contributed by atoms with Crippen LogP contribution in [-0.4, -0.2) is 9.55 Å². The number of aromatic nitrogens is 2. The fraction of sp³-hybridized carbons (Fsp3) is 0.188. The minimum Gasteiger partial charge on any atom is -0.369 e. The first-order valence-corrected chi connectivity index (χ1v) is 6.67. The molecule has 0 spiro atoms. The van der Waals surface area contributed by atoms with Gasteiger partial charge in [-0.1, -0.05) is 31.2 Å². The van der Waals surface area contributed by atoms with Crippen molar-refractivity contribution in [3.8, 4) is 0 Å². The Morgan fingerprint density at radius 2 is 1.90 bits per heavy atom. The van der Waals surface area contributed by atoms with E-state index in [-0.39, 0.29) is 5.82 Å². The fourth-order valence-electron chi connectivity index (χ4n) is 2.51. The van der Waals surface area contributed by atoms with E-state index in [1.54, 1.807) is 6.07 Å². The first-order chi connectivity index (χ1) is 9.69. The molecule has 0 aliphatic heterocycles. The van der Waals surface area contributed by atoms with E-state index >= 15 is 0 Å². The van der Waals surface area contributed by atoms with Gasteiger partial charge in [-0.15, -0.1) is 0 Å². The van der Waals surface area contributed by atoms with Crippen molar-refractivity contribution in [1.82, 2.24) is 9.55 Å². The molecule has 1 heterocycles. The zero-order chi connectivity index (χ0) is 14.1. The zero-order valence-corrected chi connectivity index (χ0v) is 11.3. The van der Waals surface area contributed by atoms with Gasteiger partial charge in [0.05, 0.1) is 17.6 Å². The Morgan fingerprint density at radius 3 is 2.65 bits per heavy atom. The van der Waals surface area contributed by atoms with Crippen LogP contribution in [-0.2, 0) is 13.0 Å². The lowest BCUT2D eigenvalue weighted by molar-refractivity contribution is 0.629. The zero-order valence-electron chi connectivity index (χ0n) is 11.3. The lowest BCUT2D eigenvalue weighted by Crippen LogP contribution is -2.06. The predicted octanol–water partition coefficient (Wildman–Crippen LogP) is 3.37. The highest BCUT2D eigenvalue weighted by Crippen LogP contribution is 2.21. The number of nitrogen functional groups attached to an aromatic ring is 1. The minimum atomic E-state index is -0.295. The van der Waals surface area contributed by atoms with E-state index in [0.29, 0.717) is 18.0 Å². The SMILES string of the molecule is CCc1ccccc1Cn1c(N)nc2cc(F)ccc21. The van der Waals surface area contributed by atoms with E-state index in [1.807, 2.05) is 16.7 Å². The molecule has 0 atom stereocenters. The van der Waals surface area contributed by atoms with Gasteiger partial charge < -0.3 is 10.3 Å². The van der Waals surface area contributed by atoms with E-state index in [9.17, 15) is 4.39 Å². The van der Waals surface area contributed by atoms with Crippen LogP contribution in [0.5, 0.6) is 0 Å². The van der Waals surface area contributed by atoms with Crippen molar-refractivity contribution in [2.45, 2.75) is 19.9 Å². The van der Waals surface area contributed by atoms with Gasteiger partial charge in [0.15, 0.2) is 0 Å². The Morgan fingerprint density at radius 1 is 1.15 bits per heavy atom. The Hall–Kier alpha value is -2.36. The smallest absolute Gasteiger partial charge is 0.201 e. The van der Waals surface area contributed by atoms with E-state index in [4.69, 9.17) is 5.73 Å². The maximum atomic E-state index is 13.2. The number of fused-ring (bicyclic) bond motifs is 1. The first-order valence-electron chi connectivity index (χ1n) is 6.67. The molecular weight excluding hydrogens is 253 g/mol. The summed E-state index contributed by atoms with van der Waals surface area (Å²) in [6, 6.07) is 12.8. The highest BCUT2D eigenvalue weighted by molar-refractivity contribution is 5.78. The van der Waals surface area contributed by atoms with E-state index in [0.717, 1.165) is 11.9 Å². The lowest BCUT2D eigenvalue weighted by Gasteiger charge is -2.10. The van der Waals surface area contributed by atoms with Crippen molar-refractivity contribution in [3.63, 3.8) is 0 Å². The van der Waals surface area contributed by atoms with Gasteiger partial charge >= 0.3 is 0 Å². The molecule has 0 unspecified atom stereocenters. The Bertz CT molecular complexity index is 762. The monoisotopic (exact) mass is 269 g/mol. The number of hydrogen-bond donors (Lipinski definition) is 1. The summed E-state index contributed by atoms with van der Waals surface area (Å²) in [5, 5.41) is 0. The van der Waals surface area contributed by atoms with Gasteiger partial charge in [0.2, 0.25) is 5.95 Å². The van der Waals surface area contributed by atoms with Crippen LogP contribution in [0, 0.1) is 5.82 Å². The fourth-order valence-corrected chi connectivity index (χ4v) is 2.51. The van der Waals surface area contributed by atoms with Crippen molar-refractivity contribution >= 4 is 17.0 Å².